The Morgan fingerprint density at radius 3 is 2.70 bits per heavy atom. The number of hydrogen-bond acceptors (Lipinski definition) is 5. The highest BCUT2D eigenvalue weighted by Crippen LogP contribution is 2.03. The summed E-state index contributed by atoms with van der Waals surface area (Å²) in [5.74, 6) is -1.80. The van der Waals surface area contributed by atoms with Crippen molar-refractivity contribution >= 4 is 23.5 Å². The van der Waals surface area contributed by atoms with E-state index in [1.807, 2.05) is 0 Å². The van der Waals surface area contributed by atoms with E-state index in [4.69, 9.17) is 16.7 Å². The van der Waals surface area contributed by atoms with Gasteiger partial charge in [0.15, 0.2) is 0 Å². The Kier molecular flexibility index (Phi) is 4.26. The summed E-state index contributed by atoms with van der Waals surface area (Å²) in [6.07, 6.45) is 5.39. The number of hydrogen-bond donors (Lipinski definition) is 3. The van der Waals surface area contributed by atoms with E-state index in [2.05, 4.69) is 25.3 Å². The quantitative estimate of drug-likeness (QED) is 0.728. The van der Waals surface area contributed by atoms with Gasteiger partial charge in [0.05, 0.1) is 18.7 Å². The summed E-state index contributed by atoms with van der Waals surface area (Å²) < 4.78 is 0. The number of nitrogens with one attached hydrogen (secondary N) is 2. The van der Waals surface area contributed by atoms with Gasteiger partial charge in [0.25, 0.3) is 5.91 Å². The van der Waals surface area contributed by atoms with Gasteiger partial charge in [-0.25, -0.2) is 19.7 Å². The van der Waals surface area contributed by atoms with E-state index in [-0.39, 0.29) is 17.3 Å². The van der Waals surface area contributed by atoms with Crippen LogP contribution in [0.25, 0.3) is 0 Å². The maximum absolute atomic E-state index is 11.9. The van der Waals surface area contributed by atoms with E-state index in [0.29, 0.717) is 5.69 Å². The van der Waals surface area contributed by atoms with Crippen molar-refractivity contribution in [3.8, 4) is 0 Å². The van der Waals surface area contributed by atoms with E-state index >= 15 is 0 Å². The summed E-state index contributed by atoms with van der Waals surface area (Å²) in [4.78, 5) is 37.0. The average Bonchev–Trinajstić information content (AvgIpc) is 2.91. The lowest BCUT2D eigenvalue weighted by Crippen LogP contribution is -2.42. The van der Waals surface area contributed by atoms with E-state index in [1.54, 1.807) is 0 Å². The van der Waals surface area contributed by atoms with Crippen LogP contribution in [0.4, 0.5) is 0 Å². The van der Waals surface area contributed by atoms with Crippen LogP contribution in [0, 0.1) is 0 Å². The molecular weight excluding hydrogens is 286 g/mol. The summed E-state index contributed by atoms with van der Waals surface area (Å²) in [5, 5.41) is 11.6. The number of rotatable bonds is 5. The number of carbonyl (C=O) groups is 2. The van der Waals surface area contributed by atoms with Crippen molar-refractivity contribution in [1.82, 2.24) is 25.3 Å². The molecule has 0 bridgehead atoms. The highest BCUT2D eigenvalue weighted by molar-refractivity contribution is 6.29. The lowest BCUT2D eigenvalue weighted by molar-refractivity contribution is -0.139. The fourth-order valence-corrected chi connectivity index (χ4v) is 1.58. The number of carboxylic acid groups (broad SMARTS) is 1. The summed E-state index contributed by atoms with van der Waals surface area (Å²) in [5.41, 5.74) is 0.588. The summed E-state index contributed by atoms with van der Waals surface area (Å²) in [7, 11) is 0. The molecular formula is C11H10ClN5O3. The van der Waals surface area contributed by atoms with Crippen LogP contribution >= 0.6 is 11.6 Å². The van der Waals surface area contributed by atoms with Gasteiger partial charge in [-0.1, -0.05) is 11.6 Å². The number of aromatic nitrogens is 4. The highest BCUT2D eigenvalue weighted by Gasteiger charge is 2.22. The molecule has 0 unspecified atom stereocenters. The minimum atomic E-state index is -1.16. The lowest BCUT2D eigenvalue weighted by atomic mass is 10.1. The molecule has 1 amide bonds. The first-order chi connectivity index (χ1) is 9.56. The molecule has 20 heavy (non-hydrogen) atoms. The van der Waals surface area contributed by atoms with Gasteiger partial charge in [-0.15, -0.1) is 0 Å². The standard InChI is InChI=1S/C11H10ClN5O3/c12-9-4-14-8(3-15-9)10(18)17-7(11(19)20)1-6-2-13-5-16-6/h2-5,7H,1H2,(H,13,16)(H,17,18)(H,19,20)/t7-/m0/s1. The predicted octanol–water partition coefficient (Wildman–Crippen LogP) is 0.279. The second kappa shape index (κ2) is 6.11. The zero-order valence-electron chi connectivity index (χ0n) is 10.1. The van der Waals surface area contributed by atoms with Crippen LogP contribution in [0.3, 0.4) is 0 Å². The van der Waals surface area contributed by atoms with Crippen molar-refractivity contribution in [2.75, 3.05) is 0 Å². The number of nitrogens with zero attached hydrogens (tertiary/aromatic N) is 3. The average molecular weight is 296 g/mol. The molecule has 9 heteroatoms. The summed E-state index contributed by atoms with van der Waals surface area (Å²) >= 11 is 5.56. The molecule has 0 saturated heterocycles. The van der Waals surface area contributed by atoms with Gasteiger partial charge in [0.1, 0.15) is 16.9 Å². The fraction of sp³-hybridized carbons (Fsp3) is 0.182. The van der Waals surface area contributed by atoms with E-state index < -0.39 is 17.9 Å². The van der Waals surface area contributed by atoms with Gasteiger partial charge in [-0.2, -0.15) is 0 Å². The first-order valence-electron chi connectivity index (χ1n) is 5.54. The van der Waals surface area contributed by atoms with Gasteiger partial charge in [0.2, 0.25) is 0 Å². The molecule has 0 aliphatic carbocycles. The van der Waals surface area contributed by atoms with Gasteiger partial charge in [-0.05, 0) is 0 Å². The zero-order chi connectivity index (χ0) is 14.5. The van der Waals surface area contributed by atoms with Crippen molar-refractivity contribution < 1.29 is 14.7 Å². The molecule has 1 atom stereocenters. The Morgan fingerprint density at radius 1 is 1.35 bits per heavy atom. The SMILES string of the molecule is O=C(N[C@@H](Cc1cnc[nH]1)C(=O)O)c1cnc(Cl)cn1. The Labute approximate surface area is 118 Å². The molecule has 0 fully saturated rings. The number of carbonyl (C=O) groups excluding carboxylic acids is 1. The van der Waals surface area contributed by atoms with Crippen LogP contribution in [0.2, 0.25) is 5.15 Å². The summed E-state index contributed by atoms with van der Waals surface area (Å²) in [6.45, 7) is 0. The molecule has 2 heterocycles. The molecule has 0 aliphatic rings. The Bertz CT molecular complexity index is 599. The fourth-order valence-electron chi connectivity index (χ4n) is 1.48. The van der Waals surface area contributed by atoms with Gasteiger partial charge < -0.3 is 15.4 Å². The largest absolute Gasteiger partial charge is 0.480 e. The molecule has 0 saturated carbocycles. The van der Waals surface area contributed by atoms with Crippen LogP contribution < -0.4 is 5.32 Å². The number of imidazole rings is 1. The second-order valence-electron chi connectivity index (χ2n) is 3.87. The third kappa shape index (κ3) is 3.51. The van der Waals surface area contributed by atoms with Crippen molar-refractivity contribution in [1.29, 1.82) is 0 Å². The third-order valence-electron chi connectivity index (χ3n) is 2.44. The number of amides is 1. The Morgan fingerprint density at radius 2 is 2.15 bits per heavy atom. The predicted molar refractivity (Wildman–Crippen MR) is 68.2 cm³/mol. The second-order valence-corrected chi connectivity index (χ2v) is 4.26. The molecule has 2 aromatic heterocycles. The van der Waals surface area contributed by atoms with Crippen LogP contribution in [0.15, 0.2) is 24.9 Å². The molecule has 2 rings (SSSR count). The monoisotopic (exact) mass is 295 g/mol. The molecule has 0 spiro atoms. The highest BCUT2D eigenvalue weighted by atomic mass is 35.5. The zero-order valence-corrected chi connectivity index (χ0v) is 10.8. The van der Waals surface area contributed by atoms with E-state index in [0.717, 1.165) is 0 Å². The molecule has 8 nitrogen and oxygen atoms in total. The van der Waals surface area contributed by atoms with Crippen LogP contribution in [0.1, 0.15) is 16.2 Å². The summed E-state index contributed by atoms with van der Waals surface area (Å²) in [6, 6.07) is -1.10. The Balaban J connectivity index is 2.06. The van der Waals surface area contributed by atoms with Crippen molar-refractivity contribution in [2.24, 2.45) is 0 Å². The van der Waals surface area contributed by atoms with Gasteiger partial charge >= 0.3 is 5.97 Å². The van der Waals surface area contributed by atoms with E-state index in [1.165, 1.54) is 24.9 Å². The maximum Gasteiger partial charge on any atom is 0.326 e. The number of halogens is 1. The number of aliphatic carboxylic acids is 1. The first-order valence-corrected chi connectivity index (χ1v) is 5.92. The lowest BCUT2D eigenvalue weighted by Gasteiger charge is -2.13. The molecule has 104 valence electrons. The van der Waals surface area contributed by atoms with Crippen molar-refractivity contribution in [3.63, 3.8) is 0 Å². The normalized spacial score (nSPS) is 11.8. The smallest absolute Gasteiger partial charge is 0.326 e. The van der Waals surface area contributed by atoms with Gasteiger partial charge in [-0.3, -0.25) is 4.79 Å². The van der Waals surface area contributed by atoms with Gasteiger partial charge in [0, 0.05) is 18.3 Å². The molecule has 2 aromatic rings. The van der Waals surface area contributed by atoms with Crippen molar-refractivity contribution in [3.05, 3.63) is 41.5 Å². The maximum atomic E-state index is 11.9. The van der Waals surface area contributed by atoms with Crippen LogP contribution in [-0.4, -0.2) is 43.0 Å². The minimum Gasteiger partial charge on any atom is -0.480 e. The molecule has 0 radical (unpaired) electrons. The third-order valence-corrected chi connectivity index (χ3v) is 2.63. The Hall–Kier alpha value is -2.48. The van der Waals surface area contributed by atoms with Crippen molar-refractivity contribution in [2.45, 2.75) is 12.5 Å². The topological polar surface area (TPSA) is 121 Å². The molecule has 3 N–H and O–H groups in total. The minimum absolute atomic E-state index is 0.00902. The van der Waals surface area contributed by atoms with Crippen LogP contribution in [-0.2, 0) is 11.2 Å². The van der Waals surface area contributed by atoms with Crippen LogP contribution in [0.5, 0.6) is 0 Å². The number of H-pyrrole nitrogens is 1. The molecule has 0 aliphatic heterocycles. The number of carboxylic acids is 1. The molecule has 0 aromatic carbocycles. The first kappa shape index (κ1) is 13.9. The van der Waals surface area contributed by atoms with E-state index in [9.17, 15) is 9.59 Å². The number of aromatic amines is 1.